The van der Waals surface area contributed by atoms with Crippen molar-refractivity contribution in [1.29, 1.82) is 0 Å². The summed E-state index contributed by atoms with van der Waals surface area (Å²) in [6, 6.07) is 6.67. The topological polar surface area (TPSA) is 47.2 Å². The summed E-state index contributed by atoms with van der Waals surface area (Å²) >= 11 is 0. The van der Waals surface area contributed by atoms with Gasteiger partial charge in [0.05, 0.1) is 7.11 Å². The van der Waals surface area contributed by atoms with Crippen molar-refractivity contribution in [2.45, 2.75) is 53.1 Å². The van der Waals surface area contributed by atoms with Crippen molar-refractivity contribution in [3.63, 3.8) is 0 Å². The van der Waals surface area contributed by atoms with E-state index in [-0.39, 0.29) is 11.9 Å². The van der Waals surface area contributed by atoms with Crippen molar-refractivity contribution >= 4 is 5.91 Å². The molecule has 1 fully saturated rings. The maximum Gasteiger partial charge on any atom is 0.275 e. The number of methoxy groups -OCH3 is 1. The lowest BCUT2D eigenvalue weighted by Crippen LogP contribution is -3.28. The van der Waals surface area contributed by atoms with Gasteiger partial charge in [0.2, 0.25) is 0 Å². The summed E-state index contributed by atoms with van der Waals surface area (Å²) in [4.78, 5) is 15.3. The molecule has 1 amide bonds. The lowest BCUT2D eigenvalue weighted by molar-refractivity contribution is -1.02. The van der Waals surface area contributed by atoms with Crippen LogP contribution in [0.5, 0.6) is 5.75 Å². The molecule has 1 atom stereocenters. The van der Waals surface area contributed by atoms with Gasteiger partial charge in [-0.15, -0.1) is 0 Å². The molecule has 3 N–H and O–H groups in total. The molecular weight excluding hydrogens is 338 g/mol. The van der Waals surface area contributed by atoms with E-state index in [0.29, 0.717) is 12.5 Å². The molecule has 1 aromatic carbocycles. The van der Waals surface area contributed by atoms with Crippen LogP contribution in [0.15, 0.2) is 18.2 Å². The van der Waals surface area contributed by atoms with Crippen LogP contribution in [0, 0.1) is 12.8 Å². The average molecular weight is 378 g/mol. The van der Waals surface area contributed by atoms with Crippen LogP contribution in [-0.4, -0.2) is 51.8 Å². The average Bonchev–Trinajstić information content (AvgIpc) is 2.62. The van der Waals surface area contributed by atoms with Gasteiger partial charge in [-0.3, -0.25) is 4.79 Å². The molecule has 0 bridgehead atoms. The van der Waals surface area contributed by atoms with E-state index >= 15 is 0 Å². The zero-order valence-electron chi connectivity index (χ0n) is 17.9. The van der Waals surface area contributed by atoms with E-state index in [9.17, 15) is 4.79 Å². The summed E-state index contributed by atoms with van der Waals surface area (Å²) in [7, 11) is 1.74. The van der Waals surface area contributed by atoms with Crippen molar-refractivity contribution in [2.24, 2.45) is 5.92 Å². The minimum absolute atomic E-state index is 0.199. The number of amides is 1. The fraction of sp³-hybridized carbons (Fsp3) is 0.682. The van der Waals surface area contributed by atoms with Crippen LogP contribution < -0.4 is 19.9 Å². The number of carbonyl (C=O) groups excluding carboxylic acids is 1. The third-order valence-corrected chi connectivity index (χ3v) is 5.54. The van der Waals surface area contributed by atoms with E-state index in [4.69, 9.17) is 4.74 Å². The number of carbonyl (C=O) groups is 1. The van der Waals surface area contributed by atoms with Crippen LogP contribution in [0.4, 0.5) is 0 Å². The van der Waals surface area contributed by atoms with Gasteiger partial charge in [0.25, 0.3) is 5.91 Å². The summed E-state index contributed by atoms with van der Waals surface area (Å²) in [5.74, 6) is 1.88. The quantitative estimate of drug-likeness (QED) is 0.577. The lowest BCUT2D eigenvalue weighted by atomic mass is 10.0. The molecule has 1 aromatic rings. The highest BCUT2D eigenvalue weighted by Gasteiger charge is 2.26. The first-order valence-electron chi connectivity index (χ1n) is 10.5. The zero-order chi connectivity index (χ0) is 19.8. The fourth-order valence-electron chi connectivity index (χ4n) is 3.83. The molecule has 0 unspecified atom stereocenters. The highest BCUT2D eigenvalue weighted by molar-refractivity contribution is 5.77. The van der Waals surface area contributed by atoms with Crippen LogP contribution in [0.2, 0.25) is 0 Å². The number of benzene rings is 1. The second-order valence-corrected chi connectivity index (χ2v) is 8.61. The number of aryl methyl sites for hydroxylation is 1. The molecule has 0 aliphatic carbocycles. The second kappa shape index (κ2) is 10.7. The van der Waals surface area contributed by atoms with Gasteiger partial charge >= 0.3 is 0 Å². The molecule has 27 heavy (non-hydrogen) atoms. The predicted octanol–water partition coefficient (Wildman–Crippen LogP) is 0.228. The molecule has 0 saturated carbocycles. The van der Waals surface area contributed by atoms with E-state index in [0.717, 1.165) is 44.9 Å². The van der Waals surface area contributed by atoms with Crippen LogP contribution >= 0.6 is 0 Å². The van der Waals surface area contributed by atoms with E-state index in [2.05, 4.69) is 51.2 Å². The van der Waals surface area contributed by atoms with Crippen molar-refractivity contribution in [3.05, 3.63) is 29.3 Å². The van der Waals surface area contributed by atoms with Gasteiger partial charge in [-0.1, -0.05) is 25.5 Å². The standard InChI is InChI=1S/C22H37N3O2/c1-17(2)6-8-19(4)23-22(26)16-25-12-10-24(11-13-25)15-20-14-18(3)7-9-21(20)27-5/h7,9,14,17,19H,6,8,10-13,15-16H2,1-5H3,(H,23,26)/p+2/t19-/m1/s1. The van der Waals surface area contributed by atoms with Gasteiger partial charge in [0.15, 0.2) is 6.54 Å². The number of ether oxygens (including phenoxy) is 1. The van der Waals surface area contributed by atoms with Gasteiger partial charge < -0.3 is 19.9 Å². The molecular formula is C22H39N3O2+2. The van der Waals surface area contributed by atoms with E-state index in [1.165, 1.54) is 22.4 Å². The summed E-state index contributed by atoms with van der Waals surface area (Å²) < 4.78 is 5.52. The van der Waals surface area contributed by atoms with Crippen LogP contribution in [0.3, 0.4) is 0 Å². The van der Waals surface area contributed by atoms with Gasteiger partial charge in [-0.2, -0.15) is 0 Å². The van der Waals surface area contributed by atoms with Gasteiger partial charge in [-0.25, -0.2) is 0 Å². The first-order valence-corrected chi connectivity index (χ1v) is 10.5. The van der Waals surface area contributed by atoms with Crippen LogP contribution in [0.1, 0.15) is 44.7 Å². The van der Waals surface area contributed by atoms with Gasteiger partial charge in [0.1, 0.15) is 38.5 Å². The van der Waals surface area contributed by atoms with E-state index < -0.39 is 0 Å². The highest BCUT2D eigenvalue weighted by Crippen LogP contribution is 2.18. The van der Waals surface area contributed by atoms with Crippen molar-refractivity contribution in [2.75, 3.05) is 39.8 Å². The zero-order valence-corrected chi connectivity index (χ0v) is 17.9. The van der Waals surface area contributed by atoms with Crippen molar-refractivity contribution < 1.29 is 19.3 Å². The number of hydrogen-bond acceptors (Lipinski definition) is 2. The van der Waals surface area contributed by atoms with Crippen LogP contribution in [0.25, 0.3) is 0 Å². The Balaban J connectivity index is 1.74. The Morgan fingerprint density at radius 2 is 1.78 bits per heavy atom. The monoisotopic (exact) mass is 377 g/mol. The highest BCUT2D eigenvalue weighted by atomic mass is 16.5. The molecule has 152 valence electrons. The lowest BCUT2D eigenvalue weighted by Gasteiger charge is -2.30. The van der Waals surface area contributed by atoms with Crippen molar-refractivity contribution in [1.82, 2.24) is 5.32 Å². The van der Waals surface area contributed by atoms with Crippen molar-refractivity contribution in [3.8, 4) is 5.75 Å². The predicted molar refractivity (Wildman–Crippen MR) is 109 cm³/mol. The van der Waals surface area contributed by atoms with Gasteiger partial charge in [-0.05, 0) is 44.7 Å². The molecule has 5 heteroatoms. The largest absolute Gasteiger partial charge is 0.496 e. The molecule has 5 nitrogen and oxygen atoms in total. The Morgan fingerprint density at radius 1 is 1.11 bits per heavy atom. The number of nitrogens with one attached hydrogen (secondary N) is 3. The Kier molecular flexibility index (Phi) is 8.58. The third kappa shape index (κ3) is 7.51. The first kappa shape index (κ1) is 21.7. The molecule has 1 aliphatic heterocycles. The minimum atomic E-state index is 0.199. The van der Waals surface area contributed by atoms with Gasteiger partial charge in [0, 0.05) is 11.6 Å². The maximum absolute atomic E-state index is 12.3. The summed E-state index contributed by atoms with van der Waals surface area (Å²) in [6.07, 6.45) is 2.23. The normalized spacial score (nSPS) is 21.1. The summed E-state index contributed by atoms with van der Waals surface area (Å²) in [5.41, 5.74) is 2.56. The second-order valence-electron chi connectivity index (χ2n) is 8.61. The molecule has 0 aromatic heterocycles. The van der Waals surface area contributed by atoms with Crippen LogP contribution in [-0.2, 0) is 11.3 Å². The first-order chi connectivity index (χ1) is 12.9. The molecule has 2 rings (SSSR count). The smallest absolute Gasteiger partial charge is 0.275 e. The SMILES string of the molecule is COc1ccc(C)cc1C[NH+]1CC[NH+](CC(=O)N[C@H](C)CCC(C)C)CC1. The Labute approximate surface area is 165 Å². The maximum atomic E-state index is 12.3. The Bertz CT molecular complexity index is 595. The summed E-state index contributed by atoms with van der Waals surface area (Å²) in [6.45, 7) is 14.6. The number of piperazine rings is 1. The Morgan fingerprint density at radius 3 is 2.41 bits per heavy atom. The van der Waals surface area contributed by atoms with E-state index in [1.54, 1.807) is 12.0 Å². The molecule has 1 aliphatic rings. The Hall–Kier alpha value is -1.59. The minimum Gasteiger partial charge on any atom is -0.496 e. The molecule has 0 radical (unpaired) electrons. The molecule has 0 spiro atoms. The fourth-order valence-corrected chi connectivity index (χ4v) is 3.83. The van der Waals surface area contributed by atoms with E-state index in [1.807, 2.05) is 0 Å². The molecule has 1 heterocycles. The summed E-state index contributed by atoms with van der Waals surface area (Å²) in [5, 5.41) is 3.17. The number of hydrogen-bond donors (Lipinski definition) is 3. The molecule has 1 saturated heterocycles. The number of quaternary nitrogens is 2. The third-order valence-electron chi connectivity index (χ3n) is 5.54. The number of rotatable bonds is 9.